The first-order chi connectivity index (χ1) is 6.68. The van der Waals surface area contributed by atoms with Gasteiger partial charge in [0.1, 0.15) is 11.4 Å². The van der Waals surface area contributed by atoms with Gasteiger partial charge >= 0.3 is 5.97 Å². The predicted octanol–water partition coefficient (Wildman–Crippen LogP) is 0.637. The number of carboxylic acid groups (broad SMARTS) is 1. The molecule has 0 amide bonds. The van der Waals surface area contributed by atoms with Crippen molar-refractivity contribution in [2.45, 2.75) is 0 Å². The average molecular weight is 210 g/mol. The van der Waals surface area contributed by atoms with Crippen LogP contribution in [0.15, 0.2) is 12.3 Å². The maximum absolute atomic E-state index is 10.8. The van der Waals surface area contributed by atoms with E-state index in [4.69, 9.17) is 5.11 Å². The van der Waals surface area contributed by atoms with Gasteiger partial charge in [-0.3, -0.25) is 4.68 Å². The first-order valence-corrected chi connectivity index (χ1v) is 4.51. The molecule has 0 saturated heterocycles. The largest absolute Gasteiger partial charge is 0.477 e. The van der Waals surface area contributed by atoms with Gasteiger partial charge in [0, 0.05) is 13.2 Å². The van der Waals surface area contributed by atoms with E-state index in [1.165, 1.54) is 0 Å². The first-order valence-electron chi connectivity index (χ1n) is 3.74. The van der Waals surface area contributed by atoms with E-state index in [0.29, 0.717) is 11.4 Å². The molecule has 2 heterocycles. The second-order valence-electron chi connectivity index (χ2n) is 2.63. The number of hydrogen-bond acceptors (Lipinski definition) is 5. The Morgan fingerprint density at radius 3 is 3.00 bits per heavy atom. The summed E-state index contributed by atoms with van der Waals surface area (Å²) >= 11 is 0.852. The molecule has 2 aromatic rings. The van der Waals surface area contributed by atoms with Crippen LogP contribution in [0.25, 0.3) is 11.4 Å². The molecular formula is C7H6N4O2S. The van der Waals surface area contributed by atoms with Crippen molar-refractivity contribution < 1.29 is 9.90 Å². The monoisotopic (exact) mass is 210 g/mol. The molecule has 0 spiro atoms. The zero-order chi connectivity index (χ0) is 10.1. The second kappa shape index (κ2) is 3.18. The van der Waals surface area contributed by atoms with Crippen molar-refractivity contribution in [2.75, 3.05) is 0 Å². The lowest BCUT2D eigenvalue weighted by Crippen LogP contribution is -1.96. The fourth-order valence-corrected chi connectivity index (χ4v) is 1.55. The summed E-state index contributed by atoms with van der Waals surface area (Å²) in [6, 6.07) is 1.70. The number of aromatic nitrogens is 4. The number of rotatable bonds is 2. The Bertz CT molecular complexity index is 475. The number of carbonyl (C=O) groups is 1. The second-order valence-corrected chi connectivity index (χ2v) is 3.38. The van der Waals surface area contributed by atoms with Crippen molar-refractivity contribution in [1.82, 2.24) is 19.4 Å². The van der Waals surface area contributed by atoms with Crippen LogP contribution >= 0.6 is 11.5 Å². The Kier molecular flexibility index (Phi) is 2.01. The normalized spacial score (nSPS) is 10.4. The molecule has 2 aromatic heterocycles. The highest BCUT2D eigenvalue weighted by Gasteiger charge is 2.18. The van der Waals surface area contributed by atoms with E-state index in [-0.39, 0.29) is 4.88 Å². The molecule has 0 aliphatic heterocycles. The Morgan fingerprint density at radius 2 is 2.43 bits per heavy atom. The lowest BCUT2D eigenvalue weighted by Gasteiger charge is -1.90. The van der Waals surface area contributed by atoms with Crippen LogP contribution in [0, 0.1) is 0 Å². The van der Waals surface area contributed by atoms with Crippen LogP contribution in [-0.2, 0) is 7.05 Å². The van der Waals surface area contributed by atoms with Crippen LogP contribution in [0.3, 0.4) is 0 Å². The van der Waals surface area contributed by atoms with Gasteiger partial charge in [0.25, 0.3) is 0 Å². The SMILES string of the molecule is Cn1ccc(-c2nnsc2C(=O)O)n1. The maximum atomic E-state index is 10.8. The predicted molar refractivity (Wildman–Crippen MR) is 49.1 cm³/mol. The molecule has 0 aliphatic carbocycles. The van der Waals surface area contributed by atoms with Gasteiger partial charge in [-0.2, -0.15) is 5.10 Å². The minimum absolute atomic E-state index is 0.115. The fourth-order valence-electron chi connectivity index (χ4n) is 1.04. The standard InChI is InChI=1S/C7H6N4O2S/c1-11-3-2-4(9-11)5-6(7(12)13)14-10-8-5/h2-3H,1H3,(H,12,13). The molecule has 0 unspecified atom stereocenters. The fraction of sp³-hybridized carbons (Fsp3) is 0.143. The summed E-state index contributed by atoms with van der Waals surface area (Å²) in [5.41, 5.74) is 0.849. The maximum Gasteiger partial charge on any atom is 0.349 e. The molecule has 72 valence electrons. The minimum atomic E-state index is -1.03. The minimum Gasteiger partial charge on any atom is -0.477 e. The quantitative estimate of drug-likeness (QED) is 0.786. The molecule has 6 nitrogen and oxygen atoms in total. The Balaban J connectivity index is 2.51. The van der Waals surface area contributed by atoms with Crippen molar-refractivity contribution in [3.63, 3.8) is 0 Å². The summed E-state index contributed by atoms with van der Waals surface area (Å²) in [5, 5.41) is 16.6. The Morgan fingerprint density at radius 1 is 1.64 bits per heavy atom. The van der Waals surface area contributed by atoms with Crippen molar-refractivity contribution in [3.8, 4) is 11.4 Å². The van der Waals surface area contributed by atoms with Crippen LogP contribution in [-0.4, -0.2) is 30.4 Å². The average Bonchev–Trinajstić information content (AvgIpc) is 2.70. The molecule has 7 heteroatoms. The van der Waals surface area contributed by atoms with Crippen LogP contribution < -0.4 is 0 Å². The number of nitrogens with zero attached hydrogens (tertiary/aromatic N) is 4. The summed E-state index contributed by atoms with van der Waals surface area (Å²) in [6.07, 6.45) is 1.72. The molecular weight excluding hydrogens is 204 g/mol. The molecule has 0 aromatic carbocycles. The van der Waals surface area contributed by atoms with Gasteiger partial charge in [0.2, 0.25) is 0 Å². The number of hydrogen-bond donors (Lipinski definition) is 1. The summed E-state index contributed by atoms with van der Waals surface area (Å²) in [7, 11) is 1.75. The van der Waals surface area contributed by atoms with Crippen molar-refractivity contribution >= 4 is 17.5 Å². The van der Waals surface area contributed by atoms with Crippen LogP contribution in [0.2, 0.25) is 0 Å². The number of aryl methyl sites for hydroxylation is 1. The summed E-state index contributed by atoms with van der Waals surface area (Å²) in [6.45, 7) is 0. The Labute approximate surface area is 83.0 Å². The lowest BCUT2D eigenvalue weighted by atomic mass is 10.3. The highest BCUT2D eigenvalue weighted by atomic mass is 32.1. The zero-order valence-corrected chi connectivity index (χ0v) is 8.02. The number of carboxylic acids is 1. The van der Waals surface area contributed by atoms with E-state index in [1.807, 2.05) is 0 Å². The molecule has 0 atom stereocenters. The van der Waals surface area contributed by atoms with Gasteiger partial charge in [0.15, 0.2) is 4.88 Å². The van der Waals surface area contributed by atoms with Crippen LogP contribution in [0.4, 0.5) is 0 Å². The molecule has 0 aliphatic rings. The highest BCUT2D eigenvalue weighted by molar-refractivity contribution is 7.08. The summed E-state index contributed by atoms with van der Waals surface area (Å²) in [5.74, 6) is -1.03. The van der Waals surface area contributed by atoms with E-state index in [1.54, 1.807) is 24.0 Å². The van der Waals surface area contributed by atoms with E-state index >= 15 is 0 Å². The van der Waals surface area contributed by atoms with E-state index in [0.717, 1.165) is 11.5 Å². The van der Waals surface area contributed by atoms with Gasteiger partial charge in [-0.05, 0) is 17.6 Å². The third-order valence-electron chi connectivity index (χ3n) is 1.64. The first kappa shape index (κ1) is 8.82. The molecule has 0 fully saturated rings. The molecule has 0 bridgehead atoms. The van der Waals surface area contributed by atoms with E-state index in [2.05, 4.69) is 14.7 Å². The summed E-state index contributed by atoms with van der Waals surface area (Å²) in [4.78, 5) is 10.9. The van der Waals surface area contributed by atoms with Gasteiger partial charge in [-0.15, -0.1) is 5.10 Å². The van der Waals surface area contributed by atoms with E-state index in [9.17, 15) is 4.79 Å². The van der Waals surface area contributed by atoms with Crippen molar-refractivity contribution in [2.24, 2.45) is 7.05 Å². The van der Waals surface area contributed by atoms with Crippen LogP contribution in [0.5, 0.6) is 0 Å². The third kappa shape index (κ3) is 1.37. The molecule has 2 rings (SSSR count). The van der Waals surface area contributed by atoms with Gasteiger partial charge in [-0.1, -0.05) is 4.49 Å². The van der Waals surface area contributed by atoms with Gasteiger partial charge in [0.05, 0.1) is 0 Å². The Hall–Kier alpha value is -1.76. The number of aromatic carboxylic acids is 1. The summed E-state index contributed by atoms with van der Waals surface area (Å²) < 4.78 is 5.17. The van der Waals surface area contributed by atoms with Crippen molar-refractivity contribution in [1.29, 1.82) is 0 Å². The van der Waals surface area contributed by atoms with E-state index < -0.39 is 5.97 Å². The zero-order valence-electron chi connectivity index (χ0n) is 7.21. The highest BCUT2D eigenvalue weighted by Crippen LogP contribution is 2.21. The molecule has 1 N–H and O–H groups in total. The molecule has 14 heavy (non-hydrogen) atoms. The molecule has 0 radical (unpaired) electrons. The third-order valence-corrected chi connectivity index (χ3v) is 2.35. The van der Waals surface area contributed by atoms with Crippen LogP contribution in [0.1, 0.15) is 9.67 Å². The van der Waals surface area contributed by atoms with Gasteiger partial charge < -0.3 is 5.11 Å². The topological polar surface area (TPSA) is 80.9 Å². The molecule has 0 saturated carbocycles. The van der Waals surface area contributed by atoms with Gasteiger partial charge in [-0.25, -0.2) is 4.79 Å². The lowest BCUT2D eigenvalue weighted by molar-refractivity contribution is 0.0702. The van der Waals surface area contributed by atoms with Crippen molar-refractivity contribution in [3.05, 3.63) is 17.1 Å². The smallest absolute Gasteiger partial charge is 0.349 e.